The summed E-state index contributed by atoms with van der Waals surface area (Å²) in [6.07, 6.45) is 3.91. The van der Waals surface area contributed by atoms with Crippen molar-refractivity contribution in [1.82, 2.24) is 10.3 Å². The molecule has 1 heterocycles. The summed E-state index contributed by atoms with van der Waals surface area (Å²) in [5.74, 6) is 1.31. The molecule has 0 saturated carbocycles. The normalized spacial score (nSPS) is 12.2. The zero-order chi connectivity index (χ0) is 16.0. The van der Waals surface area contributed by atoms with E-state index in [1.165, 1.54) is 11.3 Å². The van der Waals surface area contributed by atoms with Crippen molar-refractivity contribution in [1.29, 1.82) is 0 Å². The van der Waals surface area contributed by atoms with Crippen LogP contribution < -0.4 is 10.2 Å². The molecule has 1 aromatic heterocycles. The number of anilines is 1. The molecule has 0 bridgehead atoms. The first-order chi connectivity index (χ1) is 9.69. The minimum Gasteiger partial charge on any atom is -0.371 e. The summed E-state index contributed by atoms with van der Waals surface area (Å²) in [6.45, 7) is 18.7. The van der Waals surface area contributed by atoms with Crippen molar-refractivity contribution >= 4 is 5.69 Å². The predicted molar refractivity (Wildman–Crippen MR) is 92.7 cm³/mol. The van der Waals surface area contributed by atoms with Gasteiger partial charge >= 0.3 is 0 Å². The Morgan fingerprint density at radius 1 is 1.10 bits per heavy atom. The third-order valence-corrected chi connectivity index (χ3v) is 3.20. The molecule has 0 saturated heterocycles. The first-order valence-corrected chi connectivity index (χ1v) is 8.12. The maximum atomic E-state index is 4.32. The molecular weight excluding hydrogens is 258 g/mol. The molecule has 0 unspecified atom stereocenters. The van der Waals surface area contributed by atoms with Gasteiger partial charge in [0.05, 0.1) is 0 Å². The van der Waals surface area contributed by atoms with Crippen LogP contribution in [0, 0.1) is 11.8 Å². The van der Waals surface area contributed by atoms with Gasteiger partial charge in [-0.05, 0) is 38.7 Å². The van der Waals surface area contributed by atoms with Gasteiger partial charge in [0.25, 0.3) is 0 Å². The Balaban J connectivity index is 2.95. The van der Waals surface area contributed by atoms with Crippen LogP contribution in [0.5, 0.6) is 0 Å². The van der Waals surface area contributed by atoms with Gasteiger partial charge in [0, 0.05) is 48.8 Å². The molecule has 3 heteroatoms. The van der Waals surface area contributed by atoms with E-state index in [9.17, 15) is 0 Å². The van der Waals surface area contributed by atoms with E-state index in [4.69, 9.17) is 0 Å². The second kappa shape index (κ2) is 7.79. The van der Waals surface area contributed by atoms with Crippen LogP contribution in [-0.4, -0.2) is 23.6 Å². The van der Waals surface area contributed by atoms with Crippen LogP contribution >= 0.6 is 0 Å². The van der Waals surface area contributed by atoms with Crippen molar-refractivity contribution in [3.05, 3.63) is 24.0 Å². The Morgan fingerprint density at radius 2 is 1.67 bits per heavy atom. The minimum atomic E-state index is 0.119. The second-order valence-corrected chi connectivity index (χ2v) is 7.80. The molecule has 0 radical (unpaired) electrons. The van der Waals surface area contributed by atoms with Gasteiger partial charge in [-0.25, -0.2) is 0 Å². The van der Waals surface area contributed by atoms with E-state index in [1.807, 2.05) is 12.4 Å². The number of pyridine rings is 1. The van der Waals surface area contributed by atoms with Crippen molar-refractivity contribution in [2.24, 2.45) is 11.8 Å². The van der Waals surface area contributed by atoms with Crippen molar-refractivity contribution < 1.29 is 0 Å². The Morgan fingerprint density at radius 3 is 2.14 bits per heavy atom. The number of hydrogen-bond acceptors (Lipinski definition) is 3. The molecule has 0 amide bonds. The lowest BCUT2D eigenvalue weighted by atomic mass is 10.1. The Kier molecular flexibility index (Phi) is 6.66. The summed E-state index contributed by atoms with van der Waals surface area (Å²) >= 11 is 0. The van der Waals surface area contributed by atoms with E-state index in [0.29, 0.717) is 11.8 Å². The molecule has 1 rings (SSSR count). The molecule has 0 aliphatic carbocycles. The zero-order valence-electron chi connectivity index (χ0n) is 14.9. The molecule has 120 valence electrons. The molecule has 1 aromatic rings. The maximum absolute atomic E-state index is 4.32. The number of nitrogens with zero attached hydrogens (tertiary/aromatic N) is 2. The number of nitrogens with one attached hydrogen (secondary N) is 1. The summed E-state index contributed by atoms with van der Waals surface area (Å²) in [6, 6.07) is 2.16. The van der Waals surface area contributed by atoms with Crippen molar-refractivity contribution in [2.75, 3.05) is 18.0 Å². The van der Waals surface area contributed by atoms with Crippen molar-refractivity contribution in [2.45, 2.75) is 60.5 Å². The first kappa shape index (κ1) is 18.0. The highest BCUT2D eigenvalue weighted by molar-refractivity contribution is 5.52. The third kappa shape index (κ3) is 6.94. The van der Waals surface area contributed by atoms with Gasteiger partial charge in [0.15, 0.2) is 0 Å². The Bertz CT molecular complexity index is 409. The monoisotopic (exact) mass is 291 g/mol. The smallest absolute Gasteiger partial charge is 0.0443 e. The molecule has 1 N–H and O–H groups in total. The minimum absolute atomic E-state index is 0.119. The fraction of sp³-hybridized carbons (Fsp3) is 0.722. The highest BCUT2D eigenvalue weighted by Crippen LogP contribution is 2.22. The topological polar surface area (TPSA) is 28.2 Å². The van der Waals surface area contributed by atoms with Crippen molar-refractivity contribution in [3.63, 3.8) is 0 Å². The third-order valence-electron chi connectivity index (χ3n) is 3.20. The molecule has 0 atom stereocenters. The number of aromatic nitrogens is 1. The summed E-state index contributed by atoms with van der Waals surface area (Å²) in [5, 5.41) is 3.57. The van der Waals surface area contributed by atoms with E-state index in [0.717, 1.165) is 19.6 Å². The molecule has 0 aliphatic heterocycles. The van der Waals surface area contributed by atoms with E-state index in [2.05, 4.69) is 69.7 Å². The number of rotatable bonds is 7. The quantitative estimate of drug-likeness (QED) is 0.820. The van der Waals surface area contributed by atoms with Crippen LogP contribution in [-0.2, 0) is 6.54 Å². The largest absolute Gasteiger partial charge is 0.371 e. The van der Waals surface area contributed by atoms with E-state index in [-0.39, 0.29) is 5.54 Å². The fourth-order valence-corrected chi connectivity index (χ4v) is 2.38. The van der Waals surface area contributed by atoms with Crippen molar-refractivity contribution in [3.8, 4) is 0 Å². The fourth-order valence-electron chi connectivity index (χ4n) is 2.38. The van der Waals surface area contributed by atoms with Crippen LogP contribution in [0.3, 0.4) is 0 Å². The SMILES string of the molecule is CC(C)CN(CC(C)C)c1ccncc1CNC(C)(C)C. The average Bonchev–Trinajstić information content (AvgIpc) is 2.34. The van der Waals surface area contributed by atoms with Crippen LogP contribution in [0.2, 0.25) is 0 Å². The van der Waals surface area contributed by atoms with Gasteiger partial charge in [0.2, 0.25) is 0 Å². The predicted octanol–water partition coefficient (Wildman–Crippen LogP) is 4.09. The van der Waals surface area contributed by atoms with E-state index in [1.54, 1.807) is 0 Å². The maximum Gasteiger partial charge on any atom is 0.0443 e. The highest BCUT2D eigenvalue weighted by Gasteiger charge is 2.16. The van der Waals surface area contributed by atoms with Gasteiger partial charge in [-0.1, -0.05) is 27.7 Å². The van der Waals surface area contributed by atoms with Crippen LogP contribution in [0.25, 0.3) is 0 Å². The standard InChI is InChI=1S/C18H33N3/c1-14(2)12-21(13-15(3)4)17-8-9-19-10-16(17)11-20-18(5,6)7/h8-10,14-15,20H,11-13H2,1-7H3. The Labute approximate surface area is 131 Å². The second-order valence-electron chi connectivity index (χ2n) is 7.80. The van der Waals surface area contributed by atoms with Gasteiger partial charge in [-0.3, -0.25) is 4.98 Å². The lowest BCUT2D eigenvalue weighted by Crippen LogP contribution is -2.37. The van der Waals surface area contributed by atoms with E-state index < -0.39 is 0 Å². The van der Waals surface area contributed by atoms with Crippen LogP contribution in [0.1, 0.15) is 54.0 Å². The van der Waals surface area contributed by atoms with Crippen LogP contribution in [0.15, 0.2) is 18.5 Å². The Hall–Kier alpha value is -1.09. The van der Waals surface area contributed by atoms with E-state index >= 15 is 0 Å². The lowest BCUT2D eigenvalue weighted by Gasteiger charge is -2.31. The van der Waals surface area contributed by atoms with Crippen LogP contribution in [0.4, 0.5) is 5.69 Å². The highest BCUT2D eigenvalue weighted by atomic mass is 15.1. The summed E-state index contributed by atoms with van der Waals surface area (Å²) < 4.78 is 0. The average molecular weight is 291 g/mol. The van der Waals surface area contributed by atoms with Gasteiger partial charge in [-0.2, -0.15) is 0 Å². The van der Waals surface area contributed by atoms with Gasteiger partial charge < -0.3 is 10.2 Å². The molecular formula is C18H33N3. The molecule has 0 aliphatic rings. The summed E-state index contributed by atoms with van der Waals surface area (Å²) in [5.41, 5.74) is 2.73. The summed E-state index contributed by atoms with van der Waals surface area (Å²) in [7, 11) is 0. The first-order valence-electron chi connectivity index (χ1n) is 8.12. The summed E-state index contributed by atoms with van der Waals surface area (Å²) in [4.78, 5) is 6.83. The number of hydrogen-bond donors (Lipinski definition) is 1. The molecule has 21 heavy (non-hydrogen) atoms. The zero-order valence-corrected chi connectivity index (χ0v) is 14.9. The van der Waals surface area contributed by atoms with Gasteiger partial charge in [-0.15, -0.1) is 0 Å². The molecule has 3 nitrogen and oxygen atoms in total. The molecule has 0 spiro atoms. The molecule has 0 fully saturated rings. The van der Waals surface area contributed by atoms with Gasteiger partial charge in [0.1, 0.15) is 0 Å². The molecule has 0 aromatic carbocycles. The lowest BCUT2D eigenvalue weighted by molar-refractivity contribution is 0.423.